The van der Waals surface area contributed by atoms with Crippen molar-refractivity contribution < 1.29 is 14.7 Å². The molecule has 0 aliphatic heterocycles. The monoisotopic (exact) mass is 315 g/mol. The van der Waals surface area contributed by atoms with Crippen molar-refractivity contribution in [2.24, 2.45) is 5.92 Å². The molecule has 0 aliphatic carbocycles. The van der Waals surface area contributed by atoms with E-state index in [9.17, 15) is 9.59 Å². The van der Waals surface area contributed by atoms with Crippen molar-refractivity contribution in [3.05, 3.63) is 29.3 Å². The van der Waals surface area contributed by atoms with Gasteiger partial charge in [-0.05, 0) is 18.1 Å². The van der Waals surface area contributed by atoms with Crippen molar-refractivity contribution in [1.82, 2.24) is 5.32 Å². The Balaban J connectivity index is 2.33. The van der Waals surface area contributed by atoms with Crippen LogP contribution in [0.5, 0.6) is 0 Å². The van der Waals surface area contributed by atoms with E-state index in [1.807, 2.05) is 25.1 Å². The molecule has 0 spiro atoms. The highest BCUT2D eigenvalue weighted by Gasteiger charge is 2.12. The molecule has 1 aromatic carbocycles. The lowest BCUT2D eigenvalue weighted by Gasteiger charge is -2.13. The van der Waals surface area contributed by atoms with Crippen LogP contribution in [0, 0.1) is 5.92 Å². The lowest BCUT2D eigenvalue weighted by molar-refractivity contribution is -0.138. The molecule has 1 amide bonds. The largest absolute Gasteiger partial charge is 0.481 e. The fraction of sp³-hybridized carbons (Fsp3) is 0.429. The van der Waals surface area contributed by atoms with Crippen molar-refractivity contribution in [2.45, 2.75) is 24.7 Å². The normalized spacial score (nSPS) is 11.9. The first-order chi connectivity index (χ1) is 9.52. The smallest absolute Gasteiger partial charge is 0.303 e. The number of nitrogens with one attached hydrogen (secondary N) is 1. The number of thioether (sulfide) groups is 1. The standard InChI is InChI=1S/C14H18ClNO3S/c1-2-10(7-14(18)19)8-16-13(17)9-20-12-6-4-3-5-11(12)15/h3-6,10H,2,7-9H2,1H3,(H,16,17)(H,18,19). The Hall–Kier alpha value is -1.20. The van der Waals surface area contributed by atoms with Crippen molar-refractivity contribution in [3.63, 3.8) is 0 Å². The van der Waals surface area contributed by atoms with E-state index in [2.05, 4.69) is 5.32 Å². The number of carbonyl (C=O) groups excluding carboxylic acids is 1. The number of rotatable bonds is 8. The van der Waals surface area contributed by atoms with E-state index < -0.39 is 5.97 Å². The van der Waals surface area contributed by atoms with E-state index in [1.54, 1.807) is 6.07 Å². The number of carboxylic acids is 1. The van der Waals surface area contributed by atoms with Gasteiger partial charge in [-0.1, -0.05) is 37.1 Å². The summed E-state index contributed by atoms with van der Waals surface area (Å²) in [6, 6.07) is 7.34. The second-order valence-electron chi connectivity index (χ2n) is 4.40. The Bertz CT molecular complexity index is 467. The van der Waals surface area contributed by atoms with Gasteiger partial charge in [-0.15, -0.1) is 11.8 Å². The van der Waals surface area contributed by atoms with Gasteiger partial charge in [-0.25, -0.2) is 0 Å². The second kappa shape index (κ2) is 8.87. The fourth-order valence-electron chi connectivity index (χ4n) is 1.62. The maximum atomic E-state index is 11.7. The van der Waals surface area contributed by atoms with Crippen LogP contribution in [0.15, 0.2) is 29.2 Å². The molecule has 0 aromatic heterocycles. The summed E-state index contributed by atoms with van der Waals surface area (Å²) < 4.78 is 0. The van der Waals surface area contributed by atoms with Crippen molar-refractivity contribution in [1.29, 1.82) is 0 Å². The molecule has 110 valence electrons. The van der Waals surface area contributed by atoms with Gasteiger partial charge in [0.25, 0.3) is 0 Å². The molecule has 0 saturated heterocycles. The number of halogens is 1. The zero-order valence-corrected chi connectivity index (χ0v) is 12.8. The van der Waals surface area contributed by atoms with Crippen LogP contribution in [-0.2, 0) is 9.59 Å². The summed E-state index contributed by atoms with van der Waals surface area (Å²) in [5.74, 6) is -0.704. The summed E-state index contributed by atoms with van der Waals surface area (Å²) in [4.78, 5) is 23.2. The predicted octanol–water partition coefficient (Wildman–Crippen LogP) is 3.05. The van der Waals surface area contributed by atoms with Crippen molar-refractivity contribution in [2.75, 3.05) is 12.3 Å². The molecule has 0 fully saturated rings. The zero-order valence-electron chi connectivity index (χ0n) is 11.3. The van der Waals surface area contributed by atoms with Gasteiger partial charge in [-0.3, -0.25) is 9.59 Å². The summed E-state index contributed by atoms with van der Waals surface area (Å²) >= 11 is 7.37. The van der Waals surface area contributed by atoms with Gasteiger partial charge in [0, 0.05) is 17.9 Å². The van der Waals surface area contributed by atoms with Gasteiger partial charge in [-0.2, -0.15) is 0 Å². The van der Waals surface area contributed by atoms with E-state index in [0.29, 0.717) is 11.6 Å². The van der Waals surface area contributed by atoms with Crippen LogP contribution in [0.2, 0.25) is 5.02 Å². The number of hydrogen-bond acceptors (Lipinski definition) is 3. The van der Waals surface area contributed by atoms with E-state index in [4.69, 9.17) is 16.7 Å². The molecule has 0 aliphatic rings. The number of hydrogen-bond donors (Lipinski definition) is 2. The highest BCUT2D eigenvalue weighted by molar-refractivity contribution is 8.00. The van der Waals surface area contributed by atoms with E-state index in [0.717, 1.165) is 11.3 Å². The Kier molecular flexibility index (Phi) is 7.47. The quantitative estimate of drug-likeness (QED) is 0.724. The molecular formula is C14H18ClNO3S. The summed E-state index contributed by atoms with van der Waals surface area (Å²) in [6.45, 7) is 2.31. The van der Waals surface area contributed by atoms with E-state index >= 15 is 0 Å². The Morgan fingerprint density at radius 1 is 1.40 bits per heavy atom. The van der Waals surface area contributed by atoms with E-state index in [-0.39, 0.29) is 24.0 Å². The number of carboxylic acid groups (broad SMARTS) is 1. The van der Waals surface area contributed by atoms with Crippen molar-refractivity contribution in [3.8, 4) is 0 Å². The third kappa shape index (κ3) is 6.30. The SMILES string of the molecule is CCC(CNC(=O)CSc1ccccc1Cl)CC(=O)O. The number of carbonyl (C=O) groups is 2. The molecule has 0 saturated carbocycles. The molecule has 4 nitrogen and oxygen atoms in total. The first kappa shape index (κ1) is 16.9. The van der Waals surface area contributed by atoms with Crippen LogP contribution < -0.4 is 5.32 Å². The average molecular weight is 316 g/mol. The summed E-state index contributed by atoms with van der Waals surface area (Å²) in [5.41, 5.74) is 0. The maximum absolute atomic E-state index is 11.7. The van der Waals surface area contributed by atoms with Gasteiger partial charge in [0.1, 0.15) is 0 Å². The average Bonchev–Trinajstić information content (AvgIpc) is 2.42. The van der Waals surface area contributed by atoms with Gasteiger partial charge in [0.05, 0.1) is 10.8 Å². The third-order valence-electron chi connectivity index (χ3n) is 2.82. The van der Waals surface area contributed by atoms with Gasteiger partial charge in [0.15, 0.2) is 0 Å². The first-order valence-corrected chi connectivity index (χ1v) is 7.75. The van der Waals surface area contributed by atoms with Crippen LogP contribution >= 0.6 is 23.4 Å². The van der Waals surface area contributed by atoms with Gasteiger partial charge >= 0.3 is 5.97 Å². The first-order valence-electron chi connectivity index (χ1n) is 6.38. The maximum Gasteiger partial charge on any atom is 0.303 e. The third-order valence-corrected chi connectivity index (χ3v) is 4.34. The Labute approximate surface area is 127 Å². The molecule has 2 N–H and O–H groups in total. The predicted molar refractivity (Wildman–Crippen MR) is 81.2 cm³/mol. The van der Waals surface area contributed by atoms with Crippen LogP contribution in [0.25, 0.3) is 0 Å². The summed E-state index contributed by atoms with van der Waals surface area (Å²) in [7, 11) is 0. The van der Waals surface area contributed by atoms with Crippen LogP contribution in [-0.4, -0.2) is 29.3 Å². The molecule has 1 unspecified atom stereocenters. The van der Waals surface area contributed by atoms with Gasteiger partial charge < -0.3 is 10.4 Å². The minimum atomic E-state index is -0.837. The summed E-state index contributed by atoms with van der Waals surface area (Å²) in [6.07, 6.45) is 0.804. The minimum Gasteiger partial charge on any atom is -0.481 e. The highest BCUT2D eigenvalue weighted by Crippen LogP contribution is 2.26. The molecule has 20 heavy (non-hydrogen) atoms. The Morgan fingerprint density at radius 2 is 2.10 bits per heavy atom. The molecule has 0 radical (unpaired) electrons. The number of benzene rings is 1. The lowest BCUT2D eigenvalue weighted by Crippen LogP contribution is -2.31. The van der Waals surface area contributed by atoms with Crippen molar-refractivity contribution >= 4 is 35.2 Å². The molecule has 1 atom stereocenters. The van der Waals surface area contributed by atoms with Crippen LogP contribution in [0.3, 0.4) is 0 Å². The Morgan fingerprint density at radius 3 is 2.70 bits per heavy atom. The molecule has 0 heterocycles. The fourth-order valence-corrected chi connectivity index (χ4v) is 2.69. The molecule has 0 bridgehead atoms. The highest BCUT2D eigenvalue weighted by atomic mass is 35.5. The topological polar surface area (TPSA) is 66.4 Å². The lowest BCUT2D eigenvalue weighted by atomic mass is 10.0. The second-order valence-corrected chi connectivity index (χ2v) is 5.82. The number of amides is 1. The van der Waals surface area contributed by atoms with Crippen LogP contribution in [0.1, 0.15) is 19.8 Å². The minimum absolute atomic E-state index is 0.0261. The molecule has 1 aromatic rings. The van der Waals surface area contributed by atoms with Gasteiger partial charge in [0.2, 0.25) is 5.91 Å². The van der Waals surface area contributed by atoms with E-state index in [1.165, 1.54) is 11.8 Å². The summed E-state index contributed by atoms with van der Waals surface area (Å²) in [5, 5.41) is 12.1. The zero-order chi connectivity index (χ0) is 15.0. The molecule has 1 rings (SSSR count). The van der Waals surface area contributed by atoms with Crippen LogP contribution in [0.4, 0.5) is 0 Å². The number of aliphatic carboxylic acids is 1. The molecular weight excluding hydrogens is 298 g/mol. The molecule has 6 heteroatoms.